The molecule has 0 bridgehead atoms. The van der Waals surface area contributed by atoms with Crippen LogP contribution in [0, 0.1) is 20.2 Å². The van der Waals surface area contributed by atoms with Crippen molar-refractivity contribution in [2.45, 2.75) is 130 Å². The quantitative estimate of drug-likeness (QED) is 0.0311. The Labute approximate surface area is 554 Å². The van der Waals surface area contributed by atoms with Crippen molar-refractivity contribution in [2.75, 3.05) is 36.9 Å². The van der Waals surface area contributed by atoms with E-state index in [9.17, 15) is 39.4 Å². The van der Waals surface area contributed by atoms with Crippen LogP contribution in [-0.2, 0) is 34.8 Å². The summed E-state index contributed by atoms with van der Waals surface area (Å²) in [4.78, 5) is 88.5. The topological polar surface area (TPSA) is 370 Å². The first-order chi connectivity index (χ1) is 44.9. The summed E-state index contributed by atoms with van der Waals surface area (Å²) in [7, 11) is -3.87. The van der Waals surface area contributed by atoms with Crippen LogP contribution in [0.5, 0.6) is 11.5 Å². The number of tetrazole rings is 2. The van der Waals surface area contributed by atoms with Gasteiger partial charge < -0.3 is 39.2 Å². The number of pyridine rings is 4. The van der Waals surface area contributed by atoms with Crippen molar-refractivity contribution in [2.24, 2.45) is 0 Å². The number of carbonyl (C=O) groups is 4. The molecule has 8 aromatic rings. The van der Waals surface area contributed by atoms with Gasteiger partial charge in [-0.2, -0.15) is 0 Å². The zero-order chi connectivity index (χ0) is 69.0. The van der Waals surface area contributed by atoms with Crippen LogP contribution in [0.25, 0.3) is 23.0 Å². The highest BCUT2D eigenvalue weighted by molar-refractivity contribution is 6.74. The highest BCUT2D eigenvalue weighted by Crippen LogP contribution is 2.38. The van der Waals surface area contributed by atoms with Gasteiger partial charge in [0.05, 0.1) is 35.1 Å². The van der Waals surface area contributed by atoms with E-state index >= 15 is 0 Å². The van der Waals surface area contributed by atoms with Crippen molar-refractivity contribution in [1.82, 2.24) is 70.6 Å². The molecule has 10 rings (SSSR count). The number of nitro groups is 2. The fourth-order valence-electron chi connectivity index (χ4n) is 8.90. The maximum Gasteiger partial charge on any atom is 0.415 e. The van der Waals surface area contributed by atoms with E-state index in [0.29, 0.717) is 66.5 Å². The second-order valence-electron chi connectivity index (χ2n) is 25.4. The number of hydrogen-bond acceptors (Lipinski definition) is 23. The van der Waals surface area contributed by atoms with Crippen LogP contribution in [0.2, 0.25) is 36.3 Å². The molecule has 0 fully saturated rings. The van der Waals surface area contributed by atoms with E-state index in [1.165, 1.54) is 59.0 Å². The molecule has 95 heavy (non-hydrogen) atoms. The van der Waals surface area contributed by atoms with E-state index in [2.05, 4.69) is 139 Å². The summed E-state index contributed by atoms with van der Waals surface area (Å²) in [5.74, 6) is 1.25. The number of halogens is 1. The maximum absolute atomic E-state index is 13.2. The molecule has 0 saturated heterocycles. The maximum atomic E-state index is 13.2. The van der Waals surface area contributed by atoms with Gasteiger partial charge in [-0.15, -0.1) is 10.2 Å². The van der Waals surface area contributed by atoms with Crippen molar-refractivity contribution in [1.29, 1.82) is 0 Å². The van der Waals surface area contributed by atoms with E-state index in [0.717, 1.165) is 36.2 Å². The summed E-state index contributed by atoms with van der Waals surface area (Å²) in [5.41, 5.74) is 4.36. The molecule has 500 valence electrons. The zero-order valence-electron chi connectivity index (χ0n) is 54.7. The van der Waals surface area contributed by atoms with Crippen LogP contribution in [0.1, 0.15) is 111 Å². The number of amides is 3. The number of nitro benzene ring substituents is 2. The minimum Gasteiger partial charge on any atom is -0.415 e. The number of benzene rings is 2. The minimum absolute atomic E-state index is 0.0690. The molecule has 2 aliphatic heterocycles. The number of non-ortho nitro benzene ring substituents is 2. The number of nitrogens with one attached hydrogen (secondary N) is 3. The molecule has 2 aromatic carbocycles. The third kappa shape index (κ3) is 18.8. The second-order valence-corrected chi connectivity index (χ2v) is 35.4. The minimum atomic E-state index is -1.97. The molecule has 2 aliphatic rings. The van der Waals surface area contributed by atoms with Gasteiger partial charge in [0.2, 0.25) is 11.6 Å². The largest absolute Gasteiger partial charge is 0.415 e. The standard InChI is InChI=1S/C31H37N9O6Si.C24H34N8O2Si.C7H4ClNO4/c1-20(19-45-47(5,6)31(2,3)4)39-28(35-36-37-39)25-8-7-9-27(33-25)34-29(41)26-16-22-18-38(15-14-21(22)17-32-26)30(42)46-24-12-10-23(11-13-24)40(43)44;1-16(15-34-35(5,6)24(2,3)4)32-22(29-30-31-32)19-8-7-9-21(27-19)28-23(33)20-12-18-13-25-11-10-17(18)14-26-20;8-7(10)13-6-3-1-5(2-4-6)9(11)12/h7-13,16-17,20H,14-15,18-19H2,1-6H3,(H,33,34,41);7-9,12,14,16,25H,10-11,13,15H2,1-6H3,(H,27,28,33);1-4H/t20-;16-;/m11./s1. The van der Waals surface area contributed by atoms with Gasteiger partial charge in [-0.3, -0.25) is 39.8 Å². The zero-order valence-corrected chi connectivity index (χ0v) is 57.4. The lowest BCUT2D eigenvalue weighted by atomic mass is 10.0. The summed E-state index contributed by atoms with van der Waals surface area (Å²) >= 11 is 4.92. The Balaban J connectivity index is 0.000000210. The molecule has 0 spiro atoms. The highest BCUT2D eigenvalue weighted by Gasteiger charge is 2.39. The first-order valence-electron chi connectivity index (χ1n) is 30.3. The lowest BCUT2D eigenvalue weighted by Crippen LogP contribution is -2.42. The van der Waals surface area contributed by atoms with Crippen molar-refractivity contribution in [3.8, 4) is 34.5 Å². The van der Waals surface area contributed by atoms with Gasteiger partial charge in [0, 0.05) is 67.9 Å². The number of hydrogen-bond donors (Lipinski definition) is 3. The van der Waals surface area contributed by atoms with E-state index in [1.54, 1.807) is 52.1 Å². The normalized spacial score (nSPS) is 13.6. The number of fused-ring (bicyclic) bond motifs is 2. The van der Waals surface area contributed by atoms with Crippen LogP contribution in [0.3, 0.4) is 0 Å². The number of aromatic nitrogens is 12. The number of carbonyl (C=O) groups excluding carboxylic acids is 4. The molecule has 2 atom stereocenters. The average molecular weight is 1360 g/mol. The summed E-state index contributed by atoms with van der Waals surface area (Å²) in [6.07, 6.45) is 4.26. The third-order valence-corrected chi connectivity index (χ3v) is 25.6. The van der Waals surface area contributed by atoms with Crippen molar-refractivity contribution in [3.63, 3.8) is 0 Å². The molecule has 6 aromatic heterocycles. The van der Waals surface area contributed by atoms with Gasteiger partial charge >= 0.3 is 11.5 Å². The van der Waals surface area contributed by atoms with Gasteiger partial charge in [-0.1, -0.05) is 53.7 Å². The SMILES string of the molecule is C[C@H](CO[Si](C)(C)C(C)(C)C)n1nnnc1-c1cccc(NC(=O)c2cc3c(cn2)CCN(C(=O)Oc2ccc([N+](=O)[O-])cc2)C3)n1.C[C@H](CO[Si](C)(C)C(C)(C)C)n1nnnc1-c1cccc(NC(=O)c2cc3c(cn2)CCNC3)n1.O=C(Cl)Oc1ccc([N+](=O)[O-])cc1. The molecule has 0 saturated carbocycles. The summed E-state index contributed by atoms with van der Waals surface area (Å²) < 4.78 is 26.0. The number of ether oxygens (including phenoxy) is 2. The van der Waals surface area contributed by atoms with Gasteiger partial charge in [-0.05, 0) is 173 Å². The highest BCUT2D eigenvalue weighted by atomic mass is 35.5. The number of nitrogens with zero attached hydrogens (tertiary/aromatic N) is 15. The first kappa shape index (κ1) is 71.1. The number of rotatable bonds is 18. The Hall–Kier alpha value is -9.74. The van der Waals surface area contributed by atoms with Gasteiger partial charge in [0.1, 0.15) is 45.9 Å². The predicted octanol–water partition coefficient (Wildman–Crippen LogP) is 11.4. The Morgan fingerprint density at radius 2 is 1.07 bits per heavy atom. The smallest absolute Gasteiger partial charge is 0.415 e. The second kappa shape index (κ2) is 30.6. The average Bonchev–Trinajstić information content (AvgIpc) is 1.82. The first-order valence-corrected chi connectivity index (χ1v) is 36.5. The Kier molecular flexibility index (Phi) is 22.9. The van der Waals surface area contributed by atoms with Gasteiger partial charge in [0.15, 0.2) is 16.6 Å². The molecular formula is C62H75ClN18O12Si2. The van der Waals surface area contributed by atoms with Crippen LogP contribution >= 0.6 is 11.6 Å². The van der Waals surface area contributed by atoms with E-state index < -0.39 is 43.9 Å². The van der Waals surface area contributed by atoms with E-state index in [-0.39, 0.29) is 63.2 Å². The van der Waals surface area contributed by atoms with Gasteiger partial charge in [-0.25, -0.2) is 28.9 Å². The van der Waals surface area contributed by atoms with Gasteiger partial charge in [0.25, 0.3) is 23.2 Å². The number of anilines is 2. The van der Waals surface area contributed by atoms with Crippen molar-refractivity contribution in [3.05, 3.63) is 163 Å². The molecule has 30 nitrogen and oxygen atoms in total. The molecule has 8 heterocycles. The fraction of sp³-hybridized carbons (Fsp3) is 0.387. The molecule has 33 heteroatoms. The summed E-state index contributed by atoms with van der Waals surface area (Å²) in [6.45, 7) is 29.3. The summed E-state index contributed by atoms with van der Waals surface area (Å²) in [6, 6.07) is 24.1. The molecule has 0 radical (unpaired) electrons. The van der Waals surface area contributed by atoms with Crippen LogP contribution in [0.15, 0.2) is 109 Å². The fourth-order valence-corrected chi connectivity index (χ4v) is 11.2. The molecular weight excluding hydrogens is 1280 g/mol. The lowest BCUT2D eigenvalue weighted by Gasteiger charge is -2.36. The third-order valence-electron chi connectivity index (χ3n) is 16.5. The Morgan fingerprint density at radius 3 is 1.52 bits per heavy atom. The van der Waals surface area contributed by atoms with Crippen LogP contribution < -0.4 is 25.4 Å². The molecule has 3 amide bonds. The van der Waals surface area contributed by atoms with Crippen LogP contribution in [0.4, 0.5) is 32.6 Å². The van der Waals surface area contributed by atoms with E-state index in [4.69, 9.17) is 25.2 Å². The Morgan fingerprint density at radius 1 is 0.632 bits per heavy atom. The van der Waals surface area contributed by atoms with Crippen LogP contribution in [-0.4, -0.2) is 141 Å². The monoisotopic (exact) mass is 1350 g/mol. The van der Waals surface area contributed by atoms with E-state index in [1.807, 2.05) is 32.0 Å². The molecule has 0 aliphatic carbocycles. The molecule has 3 N–H and O–H groups in total. The predicted molar refractivity (Wildman–Crippen MR) is 356 cm³/mol. The molecule has 0 unspecified atom stereocenters. The van der Waals surface area contributed by atoms with Crippen molar-refractivity contribution >= 4 is 74.6 Å². The lowest BCUT2D eigenvalue weighted by molar-refractivity contribution is -0.385. The summed E-state index contributed by atoms with van der Waals surface area (Å²) in [5, 5.41) is 54.7. The Bertz CT molecular complexity index is 4070. The van der Waals surface area contributed by atoms with Crippen molar-refractivity contribution < 1.29 is 47.4 Å².